The summed E-state index contributed by atoms with van der Waals surface area (Å²) in [5, 5.41) is 11.9. The summed E-state index contributed by atoms with van der Waals surface area (Å²) >= 11 is 2.22. The highest BCUT2D eigenvalue weighted by Gasteiger charge is 2.48. The van der Waals surface area contributed by atoms with Crippen LogP contribution in [0.4, 0.5) is 0 Å². The summed E-state index contributed by atoms with van der Waals surface area (Å²) in [7, 11) is 0. The Balaban J connectivity index is 2.07. The molecule has 7 heteroatoms. The Morgan fingerprint density at radius 1 is 1.00 bits per heavy atom. The fraction of sp³-hybridized carbons (Fsp3) is 0.304. The van der Waals surface area contributed by atoms with E-state index in [2.05, 4.69) is 27.2 Å². The standard InChI is InChI=1S/C23H24INO5/c1-3-29-21(26)23(28,22(27)30-4-2)13-17-15-25(14-16-9-6-5-7-10-16)19-12-8-11-18(24)20(17)19/h5-12,15,28H,3-4,13-14H2,1-2H3. The van der Waals surface area contributed by atoms with E-state index in [4.69, 9.17) is 9.47 Å². The predicted molar refractivity (Wildman–Crippen MR) is 122 cm³/mol. The minimum absolute atomic E-state index is 0.0495. The Hall–Kier alpha value is -2.39. The Morgan fingerprint density at radius 2 is 1.63 bits per heavy atom. The van der Waals surface area contributed by atoms with Crippen molar-refractivity contribution in [2.75, 3.05) is 13.2 Å². The molecule has 1 N–H and O–H groups in total. The summed E-state index contributed by atoms with van der Waals surface area (Å²) in [4.78, 5) is 25.0. The smallest absolute Gasteiger partial charge is 0.350 e. The molecule has 158 valence electrons. The summed E-state index contributed by atoms with van der Waals surface area (Å²) in [6.07, 6.45) is 1.65. The van der Waals surface area contributed by atoms with Crippen molar-refractivity contribution < 1.29 is 24.2 Å². The van der Waals surface area contributed by atoms with Crippen molar-refractivity contribution in [1.82, 2.24) is 4.57 Å². The monoisotopic (exact) mass is 521 g/mol. The Bertz CT molecular complexity index is 1030. The number of benzene rings is 2. The molecule has 0 unspecified atom stereocenters. The van der Waals surface area contributed by atoms with Gasteiger partial charge in [-0.15, -0.1) is 0 Å². The van der Waals surface area contributed by atoms with Gasteiger partial charge < -0.3 is 19.1 Å². The lowest BCUT2D eigenvalue weighted by molar-refractivity contribution is -0.183. The van der Waals surface area contributed by atoms with Gasteiger partial charge in [0.05, 0.1) is 13.2 Å². The fourth-order valence-corrected chi connectivity index (χ4v) is 4.27. The largest absolute Gasteiger partial charge is 0.463 e. The average Bonchev–Trinajstić information content (AvgIpc) is 3.07. The number of ether oxygens (including phenoxy) is 2. The van der Waals surface area contributed by atoms with E-state index in [1.807, 2.05) is 54.7 Å². The van der Waals surface area contributed by atoms with E-state index in [9.17, 15) is 14.7 Å². The van der Waals surface area contributed by atoms with Crippen LogP contribution in [0.3, 0.4) is 0 Å². The normalized spacial score (nSPS) is 11.5. The predicted octanol–water partition coefficient (Wildman–Crippen LogP) is 3.69. The zero-order chi connectivity index (χ0) is 21.7. The number of hydrogen-bond acceptors (Lipinski definition) is 5. The molecule has 0 bridgehead atoms. The molecule has 0 aliphatic heterocycles. The number of esters is 2. The summed E-state index contributed by atoms with van der Waals surface area (Å²) < 4.78 is 13.0. The molecule has 6 nitrogen and oxygen atoms in total. The maximum Gasteiger partial charge on any atom is 0.350 e. The minimum Gasteiger partial charge on any atom is -0.463 e. The van der Waals surface area contributed by atoms with Crippen molar-refractivity contribution in [1.29, 1.82) is 0 Å². The maximum absolute atomic E-state index is 12.5. The number of fused-ring (bicyclic) bond motifs is 1. The molecule has 0 saturated heterocycles. The van der Waals surface area contributed by atoms with Gasteiger partial charge in [0.15, 0.2) is 0 Å². The summed E-state index contributed by atoms with van der Waals surface area (Å²) in [5.41, 5.74) is 0.341. The van der Waals surface area contributed by atoms with Gasteiger partial charge in [-0.05, 0) is 59.7 Å². The van der Waals surface area contributed by atoms with Crippen LogP contribution in [0.2, 0.25) is 0 Å². The van der Waals surface area contributed by atoms with Gasteiger partial charge in [-0.3, -0.25) is 0 Å². The van der Waals surface area contributed by atoms with Crippen molar-refractivity contribution in [3.63, 3.8) is 0 Å². The van der Waals surface area contributed by atoms with Gasteiger partial charge in [0, 0.05) is 33.6 Å². The van der Waals surface area contributed by atoms with Crippen LogP contribution in [0.5, 0.6) is 0 Å². The van der Waals surface area contributed by atoms with Gasteiger partial charge in [-0.1, -0.05) is 36.4 Å². The van der Waals surface area contributed by atoms with Crippen molar-refractivity contribution in [3.05, 3.63) is 69.4 Å². The number of hydrogen-bond donors (Lipinski definition) is 1. The second-order valence-electron chi connectivity index (χ2n) is 6.88. The molecule has 30 heavy (non-hydrogen) atoms. The van der Waals surface area contributed by atoms with E-state index in [0.29, 0.717) is 12.1 Å². The van der Waals surface area contributed by atoms with E-state index in [-0.39, 0.29) is 19.6 Å². The molecule has 0 atom stereocenters. The second kappa shape index (κ2) is 9.61. The summed E-state index contributed by atoms with van der Waals surface area (Å²) in [6.45, 7) is 3.96. The highest BCUT2D eigenvalue weighted by molar-refractivity contribution is 14.1. The molecule has 1 heterocycles. The van der Waals surface area contributed by atoms with E-state index in [0.717, 1.165) is 20.0 Å². The van der Waals surface area contributed by atoms with Crippen LogP contribution in [0.1, 0.15) is 25.0 Å². The van der Waals surface area contributed by atoms with Crippen LogP contribution in [-0.2, 0) is 32.0 Å². The molecule has 0 aliphatic rings. The third kappa shape index (κ3) is 4.52. The van der Waals surface area contributed by atoms with Crippen LogP contribution in [0.15, 0.2) is 54.7 Å². The van der Waals surface area contributed by atoms with Crippen LogP contribution >= 0.6 is 22.6 Å². The first-order valence-electron chi connectivity index (χ1n) is 9.77. The van der Waals surface area contributed by atoms with Crippen LogP contribution in [-0.4, -0.2) is 40.4 Å². The van der Waals surface area contributed by atoms with Crippen LogP contribution in [0.25, 0.3) is 10.9 Å². The zero-order valence-corrected chi connectivity index (χ0v) is 19.1. The van der Waals surface area contributed by atoms with Crippen LogP contribution < -0.4 is 0 Å². The van der Waals surface area contributed by atoms with Gasteiger partial charge in [-0.2, -0.15) is 0 Å². The molecule has 0 spiro atoms. The Labute approximate surface area is 188 Å². The molecule has 0 radical (unpaired) electrons. The Kier molecular flexibility index (Phi) is 7.14. The SMILES string of the molecule is CCOC(=O)C(O)(Cc1cn(Cc2ccccc2)c2cccc(I)c12)C(=O)OCC. The molecular weight excluding hydrogens is 497 g/mol. The molecule has 2 aromatic carbocycles. The summed E-state index contributed by atoms with van der Waals surface area (Å²) in [6, 6.07) is 15.9. The molecule has 1 aromatic heterocycles. The molecule has 0 amide bonds. The number of carbonyl (C=O) groups excluding carboxylic acids is 2. The molecule has 0 aliphatic carbocycles. The van der Waals surface area contributed by atoms with Gasteiger partial charge in [0.2, 0.25) is 0 Å². The maximum atomic E-state index is 12.5. The molecule has 0 saturated carbocycles. The molecule has 0 fully saturated rings. The highest BCUT2D eigenvalue weighted by atomic mass is 127. The first-order chi connectivity index (χ1) is 14.4. The van der Waals surface area contributed by atoms with E-state index in [1.165, 1.54) is 0 Å². The Morgan fingerprint density at radius 3 is 2.23 bits per heavy atom. The highest BCUT2D eigenvalue weighted by Crippen LogP contribution is 2.31. The number of carbonyl (C=O) groups is 2. The van der Waals surface area contributed by atoms with Crippen molar-refractivity contribution in [3.8, 4) is 0 Å². The van der Waals surface area contributed by atoms with Crippen molar-refractivity contribution in [2.45, 2.75) is 32.4 Å². The lowest BCUT2D eigenvalue weighted by Gasteiger charge is -2.23. The van der Waals surface area contributed by atoms with Crippen molar-refractivity contribution >= 4 is 45.4 Å². The van der Waals surface area contributed by atoms with Gasteiger partial charge in [-0.25, -0.2) is 9.59 Å². The second-order valence-corrected chi connectivity index (χ2v) is 8.04. The third-order valence-electron chi connectivity index (χ3n) is 4.80. The first kappa shape index (κ1) is 22.3. The molecule has 3 rings (SSSR count). The first-order valence-corrected chi connectivity index (χ1v) is 10.9. The number of aliphatic hydroxyl groups is 1. The van der Waals surface area contributed by atoms with Crippen LogP contribution in [0, 0.1) is 3.57 Å². The van der Waals surface area contributed by atoms with E-state index in [1.54, 1.807) is 13.8 Å². The van der Waals surface area contributed by atoms with Gasteiger partial charge in [0.1, 0.15) is 0 Å². The summed E-state index contributed by atoms with van der Waals surface area (Å²) in [5.74, 6) is -2.00. The number of halogens is 1. The zero-order valence-electron chi connectivity index (χ0n) is 16.9. The van der Waals surface area contributed by atoms with Gasteiger partial charge >= 0.3 is 11.9 Å². The number of nitrogens with zero attached hydrogens (tertiary/aromatic N) is 1. The third-order valence-corrected chi connectivity index (χ3v) is 5.70. The molecule has 3 aromatic rings. The van der Waals surface area contributed by atoms with Crippen molar-refractivity contribution in [2.24, 2.45) is 0 Å². The minimum atomic E-state index is -2.41. The number of aromatic nitrogens is 1. The number of rotatable bonds is 8. The molecular formula is C23H24INO5. The van der Waals surface area contributed by atoms with Gasteiger partial charge in [0.25, 0.3) is 5.60 Å². The topological polar surface area (TPSA) is 77.8 Å². The average molecular weight is 521 g/mol. The lowest BCUT2D eigenvalue weighted by atomic mass is 9.94. The fourth-order valence-electron chi connectivity index (χ4n) is 3.44. The lowest BCUT2D eigenvalue weighted by Crippen LogP contribution is -2.50. The quantitative estimate of drug-likeness (QED) is 0.278. The van der Waals surface area contributed by atoms with E-state index >= 15 is 0 Å². The van der Waals surface area contributed by atoms with E-state index < -0.39 is 17.5 Å².